The van der Waals surface area contributed by atoms with E-state index in [0.717, 1.165) is 6.42 Å². The van der Waals surface area contributed by atoms with Gasteiger partial charge in [-0.1, -0.05) is 19.1 Å². The van der Waals surface area contributed by atoms with E-state index in [4.69, 9.17) is 14.9 Å². The molecule has 0 unspecified atom stereocenters. The first-order valence-corrected chi connectivity index (χ1v) is 4.75. The highest BCUT2D eigenvalue weighted by Gasteiger charge is 1.94. The van der Waals surface area contributed by atoms with Crippen LogP contribution >= 0.6 is 0 Å². The van der Waals surface area contributed by atoms with E-state index in [2.05, 4.69) is 0 Å². The molecule has 84 valence electrons. The number of rotatable bonds is 5. The van der Waals surface area contributed by atoms with Gasteiger partial charge in [-0.25, -0.2) is 0 Å². The first-order chi connectivity index (χ1) is 6.72. The maximum Gasteiger partial charge on any atom is 0.309 e. The molecule has 0 aliphatic carbocycles. The van der Waals surface area contributed by atoms with Crippen molar-refractivity contribution in [3.8, 4) is 0 Å². The fourth-order valence-electron chi connectivity index (χ4n) is 0.566. The second-order valence-electron chi connectivity index (χ2n) is 2.34. The summed E-state index contributed by atoms with van der Waals surface area (Å²) in [4.78, 5) is 10.6. The Kier molecular flexibility index (Phi) is 16.3. The molecule has 0 fully saturated rings. The van der Waals surface area contributed by atoms with Gasteiger partial charge in [-0.05, 0) is 13.3 Å². The summed E-state index contributed by atoms with van der Waals surface area (Å²) in [6.07, 6.45) is 5.16. The number of aliphatic hydroxyl groups excluding tert-OH is 2. The Bertz CT molecular complexity index is 141. The molecule has 0 bridgehead atoms. The number of esters is 1. The molecule has 4 heteroatoms. The lowest BCUT2D eigenvalue weighted by Crippen LogP contribution is -2.01. The van der Waals surface area contributed by atoms with Gasteiger partial charge in [0.2, 0.25) is 0 Å². The van der Waals surface area contributed by atoms with E-state index in [1.807, 2.05) is 19.1 Å². The lowest BCUT2D eigenvalue weighted by Gasteiger charge is -1.95. The van der Waals surface area contributed by atoms with Crippen molar-refractivity contribution in [2.75, 3.05) is 19.8 Å². The second kappa shape index (κ2) is 14.6. The molecule has 0 aromatic rings. The van der Waals surface area contributed by atoms with Crippen LogP contribution in [0.5, 0.6) is 0 Å². The number of aliphatic hydroxyl groups is 2. The summed E-state index contributed by atoms with van der Waals surface area (Å²) >= 11 is 0. The maximum absolute atomic E-state index is 10.6. The third-order valence-corrected chi connectivity index (χ3v) is 1.09. The van der Waals surface area contributed by atoms with Crippen molar-refractivity contribution in [1.82, 2.24) is 0 Å². The van der Waals surface area contributed by atoms with Crippen LogP contribution in [0.1, 0.15) is 26.7 Å². The first kappa shape index (κ1) is 15.6. The molecule has 0 saturated carbocycles. The van der Waals surface area contributed by atoms with Gasteiger partial charge >= 0.3 is 5.97 Å². The van der Waals surface area contributed by atoms with Crippen molar-refractivity contribution in [2.45, 2.75) is 26.7 Å². The third kappa shape index (κ3) is 17.3. The quantitative estimate of drug-likeness (QED) is 0.515. The van der Waals surface area contributed by atoms with Crippen LogP contribution in [0.3, 0.4) is 0 Å². The third-order valence-electron chi connectivity index (χ3n) is 1.09. The number of ether oxygens (including phenoxy) is 1. The zero-order valence-electron chi connectivity index (χ0n) is 8.90. The standard InChI is InChI=1S/C8H14O2.C2H6O2/c1-3-5-6-7-8(9)10-4-2;3-1-2-4/h5-6H,3-4,7H2,1-2H3;3-4H,1-2H2. The average molecular weight is 204 g/mol. The summed E-state index contributed by atoms with van der Waals surface area (Å²) in [5.74, 6) is -0.146. The van der Waals surface area contributed by atoms with Crippen LogP contribution < -0.4 is 0 Å². The minimum atomic E-state index is -0.146. The molecule has 0 aliphatic heterocycles. The molecule has 0 spiro atoms. The number of carbonyl (C=O) groups is 1. The molecule has 0 aromatic carbocycles. The molecular formula is C10H20O4. The summed E-state index contributed by atoms with van der Waals surface area (Å²) in [5, 5.41) is 15.2. The lowest BCUT2D eigenvalue weighted by atomic mass is 10.3. The van der Waals surface area contributed by atoms with Crippen LogP contribution in [0.2, 0.25) is 0 Å². The molecule has 0 saturated heterocycles. The zero-order chi connectivity index (χ0) is 11.2. The van der Waals surface area contributed by atoms with E-state index in [9.17, 15) is 4.79 Å². The highest BCUT2D eigenvalue weighted by atomic mass is 16.5. The van der Waals surface area contributed by atoms with E-state index < -0.39 is 0 Å². The predicted octanol–water partition coefficient (Wildman–Crippen LogP) is 0.877. The summed E-state index contributed by atoms with van der Waals surface area (Å²) in [5.41, 5.74) is 0. The van der Waals surface area contributed by atoms with E-state index in [-0.39, 0.29) is 19.2 Å². The molecule has 0 heterocycles. The normalized spacial score (nSPS) is 9.43. The van der Waals surface area contributed by atoms with Crippen LogP contribution in [0.4, 0.5) is 0 Å². The van der Waals surface area contributed by atoms with Gasteiger partial charge in [-0.15, -0.1) is 0 Å². The Morgan fingerprint density at radius 3 is 2.14 bits per heavy atom. The summed E-state index contributed by atoms with van der Waals surface area (Å²) < 4.78 is 4.70. The second-order valence-corrected chi connectivity index (χ2v) is 2.34. The average Bonchev–Trinajstić information content (AvgIpc) is 2.19. The topological polar surface area (TPSA) is 66.8 Å². The number of allylic oxidation sites excluding steroid dienone is 1. The molecule has 2 N–H and O–H groups in total. The molecular weight excluding hydrogens is 184 g/mol. The molecule has 0 radical (unpaired) electrons. The Balaban J connectivity index is 0. The van der Waals surface area contributed by atoms with Crippen LogP contribution in [-0.4, -0.2) is 36.0 Å². The summed E-state index contributed by atoms with van der Waals surface area (Å²) in [7, 11) is 0. The first-order valence-electron chi connectivity index (χ1n) is 4.75. The number of hydrogen-bond donors (Lipinski definition) is 2. The van der Waals surface area contributed by atoms with Gasteiger partial charge in [-0.2, -0.15) is 0 Å². The van der Waals surface area contributed by atoms with Crippen LogP contribution in [-0.2, 0) is 9.53 Å². The highest BCUT2D eigenvalue weighted by Crippen LogP contribution is 1.89. The van der Waals surface area contributed by atoms with Crippen molar-refractivity contribution in [2.24, 2.45) is 0 Å². The van der Waals surface area contributed by atoms with E-state index in [0.29, 0.717) is 13.0 Å². The SMILES string of the molecule is CCC=CCC(=O)OCC.OCCO. The predicted molar refractivity (Wildman–Crippen MR) is 54.9 cm³/mol. The van der Waals surface area contributed by atoms with Crippen LogP contribution in [0.15, 0.2) is 12.2 Å². The van der Waals surface area contributed by atoms with Crippen LogP contribution in [0, 0.1) is 0 Å². The maximum atomic E-state index is 10.6. The van der Waals surface area contributed by atoms with Gasteiger partial charge < -0.3 is 14.9 Å². The lowest BCUT2D eigenvalue weighted by molar-refractivity contribution is -0.142. The smallest absolute Gasteiger partial charge is 0.309 e. The Morgan fingerprint density at radius 1 is 1.21 bits per heavy atom. The van der Waals surface area contributed by atoms with Gasteiger partial charge in [-0.3, -0.25) is 4.79 Å². The van der Waals surface area contributed by atoms with Crippen molar-refractivity contribution < 1.29 is 19.7 Å². The molecule has 14 heavy (non-hydrogen) atoms. The van der Waals surface area contributed by atoms with Gasteiger partial charge in [0, 0.05) is 0 Å². The van der Waals surface area contributed by atoms with Gasteiger partial charge in [0.05, 0.1) is 26.2 Å². The molecule has 4 nitrogen and oxygen atoms in total. The van der Waals surface area contributed by atoms with E-state index in [1.54, 1.807) is 6.92 Å². The van der Waals surface area contributed by atoms with Gasteiger partial charge in [0.15, 0.2) is 0 Å². The fourth-order valence-corrected chi connectivity index (χ4v) is 0.566. The largest absolute Gasteiger partial charge is 0.466 e. The van der Waals surface area contributed by atoms with Gasteiger partial charge in [0.25, 0.3) is 0 Å². The summed E-state index contributed by atoms with van der Waals surface area (Å²) in [6, 6.07) is 0. The minimum Gasteiger partial charge on any atom is -0.466 e. The number of carbonyl (C=O) groups excluding carboxylic acids is 1. The highest BCUT2D eigenvalue weighted by molar-refractivity contribution is 5.71. The van der Waals surface area contributed by atoms with Crippen molar-refractivity contribution in [1.29, 1.82) is 0 Å². The minimum absolute atomic E-state index is 0.125. The van der Waals surface area contributed by atoms with E-state index in [1.165, 1.54) is 0 Å². The molecule has 0 aliphatic rings. The zero-order valence-corrected chi connectivity index (χ0v) is 8.90. The van der Waals surface area contributed by atoms with Crippen LogP contribution in [0.25, 0.3) is 0 Å². The summed E-state index contributed by atoms with van der Waals surface area (Å²) in [6.45, 7) is 4.06. The van der Waals surface area contributed by atoms with Crippen molar-refractivity contribution >= 4 is 5.97 Å². The Hall–Kier alpha value is -0.870. The molecule has 0 rings (SSSR count). The van der Waals surface area contributed by atoms with Crippen molar-refractivity contribution in [3.05, 3.63) is 12.2 Å². The van der Waals surface area contributed by atoms with Crippen molar-refractivity contribution in [3.63, 3.8) is 0 Å². The number of hydrogen-bond acceptors (Lipinski definition) is 4. The monoisotopic (exact) mass is 204 g/mol. The van der Waals surface area contributed by atoms with Gasteiger partial charge in [0.1, 0.15) is 0 Å². The molecule has 0 atom stereocenters. The fraction of sp³-hybridized carbons (Fsp3) is 0.700. The Morgan fingerprint density at radius 2 is 1.79 bits per heavy atom. The Labute approximate surface area is 85.2 Å². The van der Waals surface area contributed by atoms with E-state index >= 15 is 0 Å². The molecule has 0 aromatic heterocycles. The molecule has 0 amide bonds.